The Morgan fingerprint density at radius 1 is 1.00 bits per heavy atom. The van der Waals surface area contributed by atoms with Gasteiger partial charge in [0, 0.05) is 10.6 Å². The zero-order chi connectivity index (χ0) is 23.8. The Kier molecular flexibility index (Phi) is 6.25. The fourth-order valence-electron chi connectivity index (χ4n) is 3.20. The van der Waals surface area contributed by atoms with Gasteiger partial charge in [0.15, 0.2) is 0 Å². The number of anilines is 3. The van der Waals surface area contributed by atoms with Gasteiger partial charge in [0.25, 0.3) is 0 Å². The third kappa shape index (κ3) is 4.50. The summed E-state index contributed by atoms with van der Waals surface area (Å²) in [4.78, 5) is 12.9. The van der Waals surface area contributed by atoms with Crippen LogP contribution in [0.5, 0.6) is 0 Å². The molecule has 0 saturated heterocycles. The number of ketones is 1. The standard InChI is InChI=1S/C24H18ClFN2O3S2/c1-14-6-8-15(9-7-14)21(29)22-20(27)23(33(30,31)17-12-10-16(25)11-13-17)24(32-22)28-19-5-3-2-4-18(19)26/h2-13,28H,27H2,1H3. The Morgan fingerprint density at radius 3 is 2.27 bits per heavy atom. The minimum absolute atomic E-state index is 0.0445. The summed E-state index contributed by atoms with van der Waals surface area (Å²) in [6.45, 7) is 1.89. The van der Waals surface area contributed by atoms with E-state index in [-0.39, 0.29) is 31.0 Å². The number of hydrogen-bond donors (Lipinski definition) is 2. The minimum Gasteiger partial charge on any atom is -0.396 e. The van der Waals surface area contributed by atoms with E-state index >= 15 is 0 Å². The van der Waals surface area contributed by atoms with Gasteiger partial charge in [-0.2, -0.15) is 0 Å². The Labute approximate surface area is 199 Å². The number of para-hydroxylation sites is 1. The van der Waals surface area contributed by atoms with Crippen molar-refractivity contribution < 1.29 is 17.6 Å². The fraction of sp³-hybridized carbons (Fsp3) is 0.0417. The number of halogens is 2. The van der Waals surface area contributed by atoms with Crippen LogP contribution in [0.15, 0.2) is 82.6 Å². The second-order valence-corrected chi connectivity index (χ2v) is 10.6. The lowest BCUT2D eigenvalue weighted by atomic mass is 10.1. The molecule has 0 atom stereocenters. The predicted molar refractivity (Wildman–Crippen MR) is 130 cm³/mol. The summed E-state index contributed by atoms with van der Waals surface area (Å²) in [6, 6.07) is 18.3. The van der Waals surface area contributed by atoms with Crippen LogP contribution in [-0.4, -0.2) is 14.2 Å². The molecule has 168 valence electrons. The molecule has 0 radical (unpaired) electrons. The van der Waals surface area contributed by atoms with Crippen molar-refractivity contribution in [2.45, 2.75) is 16.7 Å². The third-order valence-electron chi connectivity index (χ3n) is 4.93. The monoisotopic (exact) mass is 500 g/mol. The number of thiophene rings is 1. The van der Waals surface area contributed by atoms with Crippen molar-refractivity contribution in [3.8, 4) is 0 Å². The number of carbonyl (C=O) groups is 1. The average Bonchev–Trinajstić information content (AvgIpc) is 3.12. The van der Waals surface area contributed by atoms with E-state index in [1.807, 2.05) is 6.92 Å². The van der Waals surface area contributed by atoms with E-state index < -0.39 is 21.4 Å². The quantitative estimate of drug-likeness (QED) is 0.306. The molecule has 3 N–H and O–H groups in total. The van der Waals surface area contributed by atoms with Gasteiger partial charge in [0.05, 0.1) is 16.3 Å². The van der Waals surface area contributed by atoms with E-state index in [4.69, 9.17) is 17.3 Å². The summed E-state index contributed by atoms with van der Waals surface area (Å²) < 4.78 is 41.4. The maximum Gasteiger partial charge on any atom is 0.211 e. The fourth-order valence-corrected chi connectivity index (χ4v) is 6.25. The number of sulfone groups is 1. The summed E-state index contributed by atoms with van der Waals surface area (Å²) in [5.41, 5.74) is 7.46. The van der Waals surface area contributed by atoms with Gasteiger partial charge >= 0.3 is 0 Å². The maximum atomic E-state index is 14.3. The highest BCUT2D eigenvalue weighted by Gasteiger charge is 2.32. The van der Waals surface area contributed by atoms with Gasteiger partial charge in [0.1, 0.15) is 20.6 Å². The normalized spacial score (nSPS) is 11.4. The SMILES string of the molecule is Cc1ccc(C(=O)c2sc(Nc3ccccc3F)c(S(=O)(=O)c3ccc(Cl)cc3)c2N)cc1. The van der Waals surface area contributed by atoms with Gasteiger partial charge in [-0.15, -0.1) is 11.3 Å². The lowest BCUT2D eigenvalue weighted by molar-refractivity contribution is 0.104. The first-order valence-corrected chi connectivity index (χ1v) is 12.4. The minimum atomic E-state index is -4.16. The van der Waals surface area contributed by atoms with E-state index in [1.165, 1.54) is 42.5 Å². The molecule has 1 aromatic heterocycles. The molecule has 0 aliphatic carbocycles. The van der Waals surface area contributed by atoms with Crippen LogP contribution in [0, 0.1) is 12.7 Å². The van der Waals surface area contributed by atoms with E-state index in [2.05, 4.69) is 5.32 Å². The summed E-state index contributed by atoms with van der Waals surface area (Å²) in [6.07, 6.45) is 0. The molecule has 0 fully saturated rings. The molecule has 3 aromatic carbocycles. The van der Waals surface area contributed by atoms with Crippen molar-refractivity contribution >= 4 is 54.9 Å². The average molecular weight is 501 g/mol. The smallest absolute Gasteiger partial charge is 0.211 e. The molecular formula is C24H18ClFN2O3S2. The largest absolute Gasteiger partial charge is 0.396 e. The van der Waals surface area contributed by atoms with Crippen LogP contribution >= 0.6 is 22.9 Å². The summed E-state index contributed by atoms with van der Waals surface area (Å²) in [7, 11) is -4.16. The second-order valence-electron chi connectivity index (χ2n) is 7.26. The van der Waals surface area contributed by atoms with Crippen LogP contribution in [0.3, 0.4) is 0 Å². The lowest BCUT2D eigenvalue weighted by Gasteiger charge is -2.10. The molecule has 5 nitrogen and oxygen atoms in total. The second kappa shape index (κ2) is 8.97. The van der Waals surface area contributed by atoms with Crippen LogP contribution in [0.25, 0.3) is 0 Å². The summed E-state index contributed by atoms with van der Waals surface area (Å²) >= 11 is 6.77. The highest BCUT2D eigenvalue weighted by atomic mass is 35.5. The maximum absolute atomic E-state index is 14.3. The van der Waals surface area contributed by atoms with Crippen molar-refractivity contribution in [1.82, 2.24) is 0 Å². The van der Waals surface area contributed by atoms with Crippen LogP contribution in [0.4, 0.5) is 20.8 Å². The van der Waals surface area contributed by atoms with Gasteiger partial charge < -0.3 is 11.1 Å². The number of nitrogen functional groups attached to an aromatic ring is 1. The first kappa shape index (κ1) is 23.0. The van der Waals surface area contributed by atoms with E-state index in [0.29, 0.717) is 10.6 Å². The van der Waals surface area contributed by atoms with Gasteiger partial charge in [0.2, 0.25) is 15.6 Å². The van der Waals surface area contributed by atoms with E-state index in [0.717, 1.165) is 16.9 Å². The highest BCUT2D eigenvalue weighted by Crippen LogP contribution is 2.44. The molecule has 4 aromatic rings. The van der Waals surface area contributed by atoms with Crippen LogP contribution in [0.2, 0.25) is 5.02 Å². The van der Waals surface area contributed by atoms with E-state index in [9.17, 15) is 17.6 Å². The first-order chi connectivity index (χ1) is 15.7. The molecule has 0 aliphatic heterocycles. The molecule has 0 saturated carbocycles. The number of carbonyl (C=O) groups excluding carboxylic acids is 1. The van der Waals surface area contributed by atoms with Crippen molar-refractivity contribution in [2.24, 2.45) is 0 Å². The van der Waals surface area contributed by atoms with Gasteiger partial charge in [-0.25, -0.2) is 12.8 Å². The third-order valence-corrected chi connectivity index (χ3v) is 8.29. The Bertz CT molecular complexity index is 1450. The topological polar surface area (TPSA) is 89.3 Å². The Balaban J connectivity index is 1.89. The van der Waals surface area contributed by atoms with Crippen molar-refractivity contribution in [3.63, 3.8) is 0 Å². The number of hydrogen-bond acceptors (Lipinski definition) is 6. The molecule has 9 heteroatoms. The number of rotatable bonds is 6. The summed E-state index contributed by atoms with van der Waals surface area (Å²) in [5, 5.41) is 3.22. The van der Waals surface area contributed by atoms with Gasteiger partial charge in [-0.3, -0.25) is 4.79 Å². The first-order valence-electron chi connectivity index (χ1n) is 9.74. The molecule has 1 heterocycles. The van der Waals surface area contributed by atoms with Crippen molar-refractivity contribution in [1.29, 1.82) is 0 Å². The van der Waals surface area contributed by atoms with Gasteiger partial charge in [-0.1, -0.05) is 53.6 Å². The predicted octanol–water partition coefficient (Wildman–Crippen LogP) is 6.24. The molecule has 33 heavy (non-hydrogen) atoms. The Hall–Kier alpha value is -3.20. The highest BCUT2D eigenvalue weighted by molar-refractivity contribution is 7.92. The van der Waals surface area contributed by atoms with Crippen molar-refractivity contribution in [2.75, 3.05) is 11.1 Å². The molecule has 0 spiro atoms. The number of nitrogens with one attached hydrogen (secondary N) is 1. The van der Waals surface area contributed by atoms with Crippen LogP contribution in [0.1, 0.15) is 20.8 Å². The molecule has 0 aliphatic rings. The number of benzene rings is 3. The molecule has 0 unspecified atom stereocenters. The number of nitrogens with two attached hydrogens (primary N) is 1. The molecule has 0 bridgehead atoms. The zero-order valence-electron chi connectivity index (χ0n) is 17.3. The van der Waals surface area contributed by atoms with Gasteiger partial charge in [-0.05, 0) is 43.3 Å². The molecule has 0 amide bonds. The lowest BCUT2D eigenvalue weighted by Crippen LogP contribution is -2.08. The van der Waals surface area contributed by atoms with Crippen molar-refractivity contribution in [3.05, 3.63) is 99.6 Å². The molecular weight excluding hydrogens is 483 g/mol. The van der Waals surface area contributed by atoms with Crippen LogP contribution < -0.4 is 11.1 Å². The molecule has 4 rings (SSSR count). The Morgan fingerprint density at radius 2 is 1.64 bits per heavy atom. The van der Waals surface area contributed by atoms with Crippen LogP contribution in [-0.2, 0) is 9.84 Å². The summed E-state index contributed by atoms with van der Waals surface area (Å²) in [5.74, 6) is -1.00. The zero-order valence-corrected chi connectivity index (χ0v) is 19.7. The number of aryl methyl sites for hydroxylation is 1. The van der Waals surface area contributed by atoms with E-state index in [1.54, 1.807) is 30.3 Å².